The van der Waals surface area contributed by atoms with E-state index in [4.69, 9.17) is 5.11 Å². The van der Waals surface area contributed by atoms with E-state index in [0.29, 0.717) is 18.5 Å². The highest BCUT2D eigenvalue weighted by molar-refractivity contribution is 5.94. The molecule has 4 heteroatoms. The fourth-order valence-electron chi connectivity index (χ4n) is 1.69. The molecule has 0 unspecified atom stereocenters. The number of aromatic hydroxyl groups is 1. The highest BCUT2D eigenvalue weighted by Crippen LogP contribution is 2.09. The van der Waals surface area contributed by atoms with Crippen molar-refractivity contribution in [3.8, 4) is 5.75 Å². The highest BCUT2D eigenvalue weighted by Gasteiger charge is 2.04. The molecule has 3 nitrogen and oxygen atoms in total. The molecule has 0 saturated carbocycles. The van der Waals surface area contributed by atoms with Gasteiger partial charge in [0.05, 0.1) is 0 Å². The van der Waals surface area contributed by atoms with E-state index in [1.807, 2.05) is 0 Å². The highest BCUT2D eigenvalue weighted by atomic mass is 19.1. The Morgan fingerprint density at radius 1 is 1.05 bits per heavy atom. The minimum atomic E-state index is -0.361. The average molecular weight is 259 g/mol. The van der Waals surface area contributed by atoms with E-state index >= 15 is 0 Å². The molecule has 0 fully saturated rings. The molecule has 0 aliphatic carbocycles. The lowest BCUT2D eigenvalue weighted by molar-refractivity contribution is 0.0954. The summed E-state index contributed by atoms with van der Waals surface area (Å²) in [6, 6.07) is 12.2. The van der Waals surface area contributed by atoms with Gasteiger partial charge in [-0.05, 0) is 48.4 Å². The third-order valence-corrected chi connectivity index (χ3v) is 2.74. The van der Waals surface area contributed by atoms with Crippen molar-refractivity contribution in [2.45, 2.75) is 6.42 Å². The van der Waals surface area contributed by atoms with Gasteiger partial charge < -0.3 is 10.4 Å². The standard InChI is InChI=1S/C15H14FNO2/c16-13-5-3-12(4-6-13)15(19)17-10-9-11-1-7-14(18)8-2-11/h1-8,18H,9-10H2,(H,17,19). The molecular weight excluding hydrogens is 245 g/mol. The lowest BCUT2D eigenvalue weighted by atomic mass is 10.1. The number of benzene rings is 2. The summed E-state index contributed by atoms with van der Waals surface area (Å²) >= 11 is 0. The Bertz CT molecular complexity index is 549. The summed E-state index contributed by atoms with van der Waals surface area (Å²) in [5.74, 6) is -0.362. The first kappa shape index (κ1) is 13.1. The Balaban J connectivity index is 1.84. The minimum Gasteiger partial charge on any atom is -0.508 e. The maximum Gasteiger partial charge on any atom is 0.251 e. The van der Waals surface area contributed by atoms with Crippen LogP contribution in [0.5, 0.6) is 5.75 Å². The predicted octanol–water partition coefficient (Wildman–Crippen LogP) is 2.50. The van der Waals surface area contributed by atoms with E-state index in [9.17, 15) is 9.18 Å². The Kier molecular flexibility index (Phi) is 4.13. The largest absolute Gasteiger partial charge is 0.508 e. The van der Waals surface area contributed by atoms with Gasteiger partial charge in [0.2, 0.25) is 0 Å². The molecule has 19 heavy (non-hydrogen) atoms. The molecule has 0 aromatic heterocycles. The second-order valence-electron chi connectivity index (χ2n) is 4.18. The van der Waals surface area contributed by atoms with Crippen molar-refractivity contribution in [2.75, 3.05) is 6.54 Å². The van der Waals surface area contributed by atoms with Gasteiger partial charge in [0.15, 0.2) is 0 Å². The molecule has 1 amide bonds. The van der Waals surface area contributed by atoms with Crippen molar-refractivity contribution in [3.63, 3.8) is 0 Å². The Hall–Kier alpha value is -2.36. The van der Waals surface area contributed by atoms with Crippen LogP contribution >= 0.6 is 0 Å². The van der Waals surface area contributed by atoms with Gasteiger partial charge in [-0.15, -0.1) is 0 Å². The number of amides is 1. The SMILES string of the molecule is O=C(NCCc1ccc(O)cc1)c1ccc(F)cc1. The lowest BCUT2D eigenvalue weighted by Crippen LogP contribution is -2.25. The van der Waals surface area contributed by atoms with Crippen LogP contribution in [0.25, 0.3) is 0 Å². The monoisotopic (exact) mass is 259 g/mol. The van der Waals surface area contributed by atoms with Crippen molar-refractivity contribution in [1.82, 2.24) is 5.32 Å². The zero-order valence-electron chi connectivity index (χ0n) is 10.3. The van der Waals surface area contributed by atoms with Gasteiger partial charge in [0.1, 0.15) is 11.6 Å². The molecule has 0 aliphatic heterocycles. The Labute approximate surface area is 110 Å². The summed E-state index contributed by atoms with van der Waals surface area (Å²) in [6.07, 6.45) is 0.674. The van der Waals surface area contributed by atoms with Crippen LogP contribution in [0, 0.1) is 5.82 Å². The fraction of sp³-hybridized carbons (Fsp3) is 0.133. The predicted molar refractivity (Wildman–Crippen MR) is 70.5 cm³/mol. The molecule has 2 N–H and O–H groups in total. The van der Waals surface area contributed by atoms with Crippen molar-refractivity contribution < 1.29 is 14.3 Å². The number of rotatable bonds is 4. The number of carbonyl (C=O) groups is 1. The first-order valence-corrected chi connectivity index (χ1v) is 5.97. The Morgan fingerprint density at radius 2 is 1.68 bits per heavy atom. The van der Waals surface area contributed by atoms with Gasteiger partial charge in [0.25, 0.3) is 5.91 Å². The first-order chi connectivity index (χ1) is 9.15. The molecule has 2 rings (SSSR count). The van der Waals surface area contributed by atoms with Crippen LogP contribution < -0.4 is 5.32 Å². The molecule has 0 aliphatic rings. The number of halogens is 1. The van der Waals surface area contributed by atoms with Crippen molar-refractivity contribution >= 4 is 5.91 Å². The van der Waals surface area contributed by atoms with Crippen LogP contribution in [-0.4, -0.2) is 17.6 Å². The molecule has 0 atom stereocenters. The summed E-state index contributed by atoms with van der Waals surface area (Å²) in [5.41, 5.74) is 1.46. The zero-order valence-corrected chi connectivity index (χ0v) is 10.3. The number of hydrogen-bond donors (Lipinski definition) is 2. The number of hydrogen-bond acceptors (Lipinski definition) is 2. The maximum absolute atomic E-state index is 12.7. The second-order valence-corrected chi connectivity index (χ2v) is 4.18. The lowest BCUT2D eigenvalue weighted by Gasteiger charge is -2.05. The molecule has 2 aromatic carbocycles. The minimum absolute atomic E-state index is 0.221. The van der Waals surface area contributed by atoms with Crippen molar-refractivity contribution in [1.29, 1.82) is 0 Å². The van der Waals surface area contributed by atoms with Gasteiger partial charge in [-0.2, -0.15) is 0 Å². The van der Waals surface area contributed by atoms with Gasteiger partial charge >= 0.3 is 0 Å². The summed E-state index contributed by atoms with van der Waals surface area (Å²) in [6.45, 7) is 0.487. The molecule has 0 bridgehead atoms. The average Bonchev–Trinajstić information content (AvgIpc) is 2.41. The van der Waals surface area contributed by atoms with Gasteiger partial charge in [-0.1, -0.05) is 12.1 Å². The fourth-order valence-corrected chi connectivity index (χ4v) is 1.69. The molecule has 2 aromatic rings. The maximum atomic E-state index is 12.7. The van der Waals surface area contributed by atoms with Crippen LogP contribution in [0.3, 0.4) is 0 Å². The first-order valence-electron chi connectivity index (χ1n) is 5.97. The molecular formula is C15H14FNO2. The Morgan fingerprint density at radius 3 is 2.32 bits per heavy atom. The third kappa shape index (κ3) is 3.81. The summed E-state index contributed by atoms with van der Waals surface area (Å²) in [7, 11) is 0. The van der Waals surface area contributed by atoms with Crippen molar-refractivity contribution in [3.05, 3.63) is 65.5 Å². The number of nitrogens with one attached hydrogen (secondary N) is 1. The van der Waals surface area contributed by atoms with Gasteiger partial charge in [0, 0.05) is 12.1 Å². The van der Waals surface area contributed by atoms with E-state index in [1.165, 1.54) is 24.3 Å². The number of phenols is 1. The smallest absolute Gasteiger partial charge is 0.251 e. The van der Waals surface area contributed by atoms with Crippen molar-refractivity contribution in [2.24, 2.45) is 0 Å². The molecule has 0 radical (unpaired) electrons. The van der Waals surface area contributed by atoms with E-state index in [2.05, 4.69) is 5.32 Å². The van der Waals surface area contributed by atoms with E-state index < -0.39 is 0 Å². The second kappa shape index (κ2) is 6.00. The summed E-state index contributed by atoms with van der Waals surface area (Å²) in [5, 5.41) is 11.9. The van der Waals surface area contributed by atoms with E-state index in [1.54, 1.807) is 24.3 Å². The summed E-state index contributed by atoms with van der Waals surface area (Å²) in [4.78, 5) is 11.7. The molecule has 0 spiro atoms. The quantitative estimate of drug-likeness (QED) is 0.886. The van der Waals surface area contributed by atoms with Gasteiger partial charge in [-0.3, -0.25) is 4.79 Å². The van der Waals surface area contributed by atoms with Crippen LogP contribution in [0.15, 0.2) is 48.5 Å². The van der Waals surface area contributed by atoms with Crippen LogP contribution in [0.4, 0.5) is 4.39 Å². The topological polar surface area (TPSA) is 49.3 Å². The van der Waals surface area contributed by atoms with E-state index in [0.717, 1.165) is 5.56 Å². The van der Waals surface area contributed by atoms with Crippen LogP contribution in [0.1, 0.15) is 15.9 Å². The van der Waals surface area contributed by atoms with Crippen LogP contribution in [-0.2, 0) is 6.42 Å². The van der Waals surface area contributed by atoms with Crippen LogP contribution in [0.2, 0.25) is 0 Å². The molecule has 0 saturated heterocycles. The number of phenolic OH excluding ortho intramolecular Hbond substituents is 1. The number of carbonyl (C=O) groups excluding carboxylic acids is 1. The van der Waals surface area contributed by atoms with Gasteiger partial charge in [-0.25, -0.2) is 4.39 Å². The van der Waals surface area contributed by atoms with E-state index in [-0.39, 0.29) is 17.5 Å². The zero-order chi connectivity index (χ0) is 13.7. The molecule has 98 valence electrons. The molecule has 0 heterocycles. The summed E-state index contributed by atoms with van der Waals surface area (Å²) < 4.78 is 12.7. The normalized spacial score (nSPS) is 10.2. The third-order valence-electron chi connectivity index (χ3n) is 2.74.